The molecule has 0 aliphatic rings. The molecule has 30 heavy (non-hydrogen) atoms. The van der Waals surface area contributed by atoms with Gasteiger partial charge in [-0.3, -0.25) is 4.79 Å². The van der Waals surface area contributed by atoms with Gasteiger partial charge in [0.2, 0.25) is 17.7 Å². The van der Waals surface area contributed by atoms with Gasteiger partial charge in [-0.1, -0.05) is 42.5 Å². The average molecular weight is 419 g/mol. The topological polar surface area (TPSA) is 68.0 Å². The number of rotatable bonds is 7. The number of para-hydroxylation sites is 1. The number of hydrogen-bond donors (Lipinski definition) is 1. The van der Waals surface area contributed by atoms with Crippen molar-refractivity contribution >= 4 is 23.4 Å². The Morgan fingerprint density at radius 1 is 0.967 bits per heavy atom. The maximum absolute atomic E-state index is 13.3. The number of carbonyl (C=O) groups is 1. The van der Waals surface area contributed by atoms with E-state index in [-0.39, 0.29) is 18.1 Å². The monoisotopic (exact) mass is 419 g/mol. The molecule has 0 fully saturated rings. The second-order valence-electron chi connectivity index (χ2n) is 6.51. The van der Waals surface area contributed by atoms with Crippen LogP contribution in [0.15, 0.2) is 88.2 Å². The third-order valence-electron chi connectivity index (χ3n) is 4.25. The third kappa shape index (κ3) is 5.12. The lowest BCUT2D eigenvalue weighted by Gasteiger charge is -2.10. The number of benzene rings is 3. The highest BCUT2D eigenvalue weighted by Gasteiger charge is 2.12. The van der Waals surface area contributed by atoms with Crippen molar-refractivity contribution in [2.75, 3.05) is 5.32 Å². The molecule has 150 valence electrons. The van der Waals surface area contributed by atoms with Gasteiger partial charge in [0, 0.05) is 10.5 Å². The zero-order chi connectivity index (χ0) is 20.8. The van der Waals surface area contributed by atoms with Crippen molar-refractivity contribution < 1.29 is 13.6 Å². The largest absolute Gasteiger partial charge is 0.420 e. The molecule has 4 rings (SSSR count). The van der Waals surface area contributed by atoms with E-state index in [1.54, 1.807) is 12.1 Å². The predicted octanol–water partition coefficient (Wildman–Crippen LogP) is 5.35. The summed E-state index contributed by atoms with van der Waals surface area (Å²) in [6, 6.07) is 23.1. The molecule has 0 aliphatic heterocycles. The van der Waals surface area contributed by atoms with Crippen molar-refractivity contribution in [3.05, 3.63) is 96.1 Å². The Hall–Kier alpha value is -3.45. The molecule has 4 aromatic rings. The zero-order valence-corrected chi connectivity index (χ0v) is 16.7. The maximum atomic E-state index is 13.3. The van der Waals surface area contributed by atoms with Crippen LogP contribution < -0.4 is 5.32 Å². The summed E-state index contributed by atoms with van der Waals surface area (Å²) >= 11 is 1.49. The van der Waals surface area contributed by atoms with Crippen LogP contribution in [0.5, 0.6) is 0 Å². The first-order chi connectivity index (χ1) is 14.7. The number of carbonyl (C=O) groups excluding carboxylic acids is 1. The number of thioether (sulfide) groups is 1. The molecule has 5 nitrogen and oxygen atoms in total. The standard InChI is InChI=1S/C23H18FN3O2S/c24-18-10-6-7-16(13-18)14-21(28)25-19-11-4-5-12-20(19)30-15-22-26-27-23(29-22)17-8-2-1-3-9-17/h1-13H,14-15H2,(H,25,28). The van der Waals surface area contributed by atoms with E-state index in [9.17, 15) is 9.18 Å². The fourth-order valence-corrected chi connectivity index (χ4v) is 3.72. The summed E-state index contributed by atoms with van der Waals surface area (Å²) in [5.41, 5.74) is 2.18. The SMILES string of the molecule is O=C(Cc1cccc(F)c1)Nc1ccccc1SCc1nnc(-c2ccccc2)o1. The van der Waals surface area contributed by atoms with Gasteiger partial charge in [-0.15, -0.1) is 22.0 Å². The molecule has 1 heterocycles. The molecule has 0 saturated carbocycles. The Morgan fingerprint density at radius 2 is 1.77 bits per heavy atom. The van der Waals surface area contributed by atoms with E-state index in [0.29, 0.717) is 28.8 Å². The Labute approximate surface area is 177 Å². The third-order valence-corrected chi connectivity index (χ3v) is 5.31. The minimum atomic E-state index is -0.356. The molecule has 0 spiro atoms. The van der Waals surface area contributed by atoms with Gasteiger partial charge in [0.15, 0.2) is 0 Å². The summed E-state index contributed by atoms with van der Waals surface area (Å²) in [7, 11) is 0. The van der Waals surface area contributed by atoms with Crippen molar-refractivity contribution in [1.82, 2.24) is 10.2 Å². The first-order valence-corrected chi connectivity index (χ1v) is 10.3. The van der Waals surface area contributed by atoms with E-state index >= 15 is 0 Å². The molecule has 0 saturated heterocycles. The molecular formula is C23H18FN3O2S. The molecule has 0 radical (unpaired) electrons. The van der Waals surface area contributed by atoms with Crippen molar-refractivity contribution in [1.29, 1.82) is 0 Å². The van der Waals surface area contributed by atoms with Gasteiger partial charge in [0.25, 0.3) is 0 Å². The van der Waals surface area contributed by atoms with Gasteiger partial charge in [0.05, 0.1) is 17.9 Å². The van der Waals surface area contributed by atoms with E-state index in [1.165, 1.54) is 23.9 Å². The van der Waals surface area contributed by atoms with Gasteiger partial charge >= 0.3 is 0 Å². The number of hydrogen-bond acceptors (Lipinski definition) is 5. The quantitative estimate of drug-likeness (QED) is 0.409. The lowest BCUT2D eigenvalue weighted by Crippen LogP contribution is -2.15. The van der Waals surface area contributed by atoms with Crippen LogP contribution in [0.1, 0.15) is 11.5 Å². The Kier molecular flexibility index (Phi) is 6.20. The number of halogens is 1. The highest BCUT2D eigenvalue weighted by Crippen LogP contribution is 2.30. The van der Waals surface area contributed by atoms with Crippen molar-refractivity contribution in [2.24, 2.45) is 0 Å². The Morgan fingerprint density at radius 3 is 2.60 bits per heavy atom. The lowest BCUT2D eigenvalue weighted by atomic mass is 10.1. The Balaban J connectivity index is 1.40. The summed E-state index contributed by atoms with van der Waals surface area (Å²) in [5, 5.41) is 11.1. The highest BCUT2D eigenvalue weighted by molar-refractivity contribution is 7.98. The molecule has 1 aromatic heterocycles. The molecule has 0 aliphatic carbocycles. The van der Waals surface area contributed by atoms with Crippen LogP contribution in [-0.2, 0) is 17.0 Å². The van der Waals surface area contributed by atoms with Crippen LogP contribution in [0.4, 0.5) is 10.1 Å². The minimum absolute atomic E-state index is 0.0981. The van der Waals surface area contributed by atoms with Crippen molar-refractivity contribution in [2.45, 2.75) is 17.1 Å². The molecular weight excluding hydrogens is 401 g/mol. The van der Waals surface area contributed by atoms with E-state index in [2.05, 4.69) is 15.5 Å². The van der Waals surface area contributed by atoms with Crippen molar-refractivity contribution in [3.63, 3.8) is 0 Å². The van der Waals surface area contributed by atoms with Gasteiger partial charge in [0.1, 0.15) is 5.82 Å². The van der Waals surface area contributed by atoms with Crippen LogP contribution in [-0.4, -0.2) is 16.1 Å². The number of anilines is 1. The van der Waals surface area contributed by atoms with Gasteiger partial charge < -0.3 is 9.73 Å². The second-order valence-corrected chi connectivity index (χ2v) is 7.52. The van der Waals surface area contributed by atoms with E-state index < -0.39 is 0 Å². The molecule has 0 unspecified atom stereocenters. The normalized spacial score (nSPS) is 10.7. The summed E-state index contributed by atoms with van der Waals surface area (Å²) in [6.07, 6.45) is 0.0981. The average Bonchev–Trinajstić information content (AvgIpc) is 3.23. The summed E-state index contributed by atoms with van der Waals surface area (Å²) in [4.78, 5) is 13.3. The molecule has 1 amide bonds. The molecule has 1 N–H and O–H groups in total. The second kappa shape index (κ2) is 9.37. The molecule has 0 bridgehead atoms. The summed E-state index contributed by atoms with van der Waals surface area (Å²) < 4.78 is 19.1. The molecule has 3 aromatic carbocycles. The van der Waals surface area contributed by atoms with Crippen LogP contribution in [0.2, 0.25) is 0 Å². The minimum Gasteiger partial charge on any atom is -0.420 e. The van der Waals surface area contributed by atoms with Gasteiger partial charge in [-0.05, 0) is 42.0 Å². The van der Waals surface area contributed by atoms with E-state index in [0.717, 1.165) is 10.5 Å². The van der Waals surface area contributed by atoms with Crippen molar-refractivity contribution in [3.8, 4) is 11.5 Å². The summed E-state index contributed by atoms with van der Waals surface area (Å²) in [5.74, 6) is 0.877. The number of nitrogens with zero attached hydrogens (tertiary/aromatic N) is 2. The Bertz CT molecular complexity index is 1150. The highest BCUT2D eigenvalue weighted by atomic mass is 32.2. The van der Waals surface area contributed by atoms with Crippen LogP contribution >= 0.6 is 11.8 Å². The predicted molar refractivity (Wildman–Crippen MR) is 114 cm³/mol. The number of aromatic nitrogens is 2. The van der Waals surface area contributed by atoms with Crippen LogP contribution in [0.25, 0.3) is 11.5 Å². The smallest absolute Gasteiger partial charge is 0.247 e. The van der Waals surface area contributed by atoms with Crippen LogP contribution in [0, 0.1) is 5.82 Å². The first kappa shape index (κ1) is 19.8. The fourth-order valence-electron chi connectivity index (χ4n) is 2.87. The van der Waals surface area contributed by atoms with E-state index in [1.807, 2.05) is 54.6 Å². The molecule has 7 heteroatoms. The number of amides is 1. The summed E-state index contributed by atoms with van der Waals surface area (Å²) in [6.45, 7) is 0. The number of nitrogens with one attached hydrogen (secondary N) is 1. The fraction of sp³-hybridized carbons (Fsp3) is 0.0870. The van der Waals surface area contributed by atoms with Gasteiger partial charge in [-0.25, -0.2) is 4.39 Å². The molecule has 0 atom stereocenters. The zero-order valence-electron chi connectivity index (χ0n) is 15.9. The van der Waals surface area contributed by atoms with E-state index in [4.69, 9.17) is 4.42 Å². The van der Waals surface area contributed by atoms with Crippen LogP contribution in [0.3, 0.4) is 0 Å². The van der Waals surface area contributed by atoms with Gasteiger partial charge in [-0.2, -0.15) is 0 Å². The first-order valence-electron chi connectivity index (χ1n) is 9.31. The maximum Gasteiger partial charge on any atom is 0.247 e. The lowest BCUT2D eigenvalue weighted by molar-refractivity contribution is -0.115.